The summed E-state index contributed by atoms with van der Waals surface area (Å²) in [6.45, 7) is 2.69. The fourth-order valence-electron chi connectivity index (χ4n) is 3.97. The minimum atomic E-state index is -3.45. The summed E-state index contributed by atoms with van der Waals surface area (Å²) in [5, 5.41) is 3.74. The van der Waals surface area contributed by atoms with Crippen LogP contribution in [0, 0.1) is 0 Å². The van der Waals surface area contributed by atoms with Gasteiger partial charge >= 0.3 is 0 Å². The standard InChI is InChI=1S/C20H27N3O4S/c24-20(21-14-17-5-4-12-27-17)15-22-11-8-16-13-18(6-7-19(16)22)28(25,26)23-9-2-1-3-10-23/h6-8,11,13,17H,1-5,9-10,12,14-15H2,(H,21,24)/t17-/m1/s1. The Morgan fingerprint density at radius 3 is 2.71 bits per heavy atom. The van der Waals surface area contributed by atoms with Crippen LogP contribution in [0.2, 0.25) is 0 Å². The lowest BCUT2D eigenvalue weighted by Crippen LogP contribution is -2.35. The number of hydrogen-bond donors (Lipinski definition) is 1. The number of sulfonamides is 1. The number of carbonyl (C=O) groups is 1. The van der Waals surface area contributed by atoms with E-state index in [2.05, 4.69) is 5.32 Å². The Bertz CT molecular complexity index is 942. The number of nitrogens with zero attached hydrogens (tertiary/aromatic N) is 2. The number of aromatic nitrogens is 1. The van der Waals surface area contributed by atoms with Crippen molar-refractivity contribution in [2.45, 2.75) is 49.6 Å². The fourth-order valence-corrected chi connectivity index (χ4v) is 5.53. The second-order valence-electron chi connectivity index (χ2n) is 7.57. The van der Waals surface area contributed by atoms with Gasteiger partial charge in [0.05, 0.1) is 11.0 Å². The molecule has 8 heteroatoms. The molecule has 1 amide bonds. The third kappa shape index (κ3) is 4.09. The number of carbonyl (C=O) groups excluding carboxylic acids is 1. The molecule has 0 aliphatic carbocycles. The van der Waals surface area contributed by atoms with Crippen molar-refractivity contribution in [1.29, 1.82) is 0 Å². The Labute approximate surface area is 165 Å². The molecule has 2 fully saturated rings. The average molecular weight is 406 g/mol. The van der Waals surface area contributed by atoms with Gasteiger partial charge in [0.2, 0.25) is 15.9 Å². The molecule has 0 radical (unpaired) electrons. The Morgan fingerprint density at radius 1 is 1.14 bits per heavy atom. The molecule has 0 bridgehead atoms. The van der Waals surface area contributed by atoms with E-state index in [4.69, 9.17) is 4.74 Å². The van der Waals surface area contributed by atoms with E-state index in [-0.39, 0.29) is 18.6 Å². The number of fused-ring (bicyclic) bond motifs is 1. The number of ether oxygens (including phenoxy) is 1. The van der Waals surface area contributed by atoms with Crippen LogP contribution in [0.5, 0.6) is 0 Å². The second kappa shape index (κ2) is 8.23. The largest absolute Gasteiger partial charge is 0.376 e. The van der Waals surface area contributed by atoms with Crippen molar-refractivity contribution in [2.24, 2.45) is 0 Å². The zero-order chi connectivity index (χ0) is 19.6. The highest BCUT2D eigenvalue weighted by Crippen LogP contribution is 2.25. The highest BCUT2D eigenvalue weighted by Gasteiger charge is 2.26. The quantitative estimate of drug-likeness (QED) is 0.798. The van der Waals surface area contributed by atoms with Gasteiger partial charge in [0, 0.05) is 43.3 Å². The minimum Gasteiger partial charge on any atom is -0.376 e. The Balaban J connectivity index is 1.46. The summed E-state index contributed by atoms with van der Waals surface area (Å²) >= 11 is 0. The van der Waals surface area contributed by atoms with Crippen molar-refractivity contribution in [2.75, 3.05) is 26.2 Å². The van der Waals surface area contributed by atoms with E-state index in [0.29, 0.717) is 24.5 Å². The van der Waals surface area contributed by atoms with Crippen LogP contribution in [0.3, 0.4) is 0 Å². The first kappa shape index (κ1) is 19.4. The number of rotatable bonds is 6. The lowest BCUT2D eigenvalue weighted by atomic mass is 10.2. The van der Waals surface area contributed by atoms with Gasteiger partial charge in [0.1, 0.15) is 6.54 Å². The molecule has 1 atom stereocenters. The predicted octanol–water partition coefficient (Wildman–Crippen LogP) is 2.11. The molecule has 28 heavy (non-hydrogen) atoms. The summed E-state index contributed by atoms with van der Waals surface area (Å²) in [4.78, 5) is 12.6. The van der Waals surface area contributed by atoms with Gasteiger partial charge in [-0.2, -0.15) is 4.31 Å². The summed E-state index contributed by atoms with van der Waals surface area (Å²) in [5.41, 5.74) is 0.852. The van der Waals surface area contributed by atoms with E-state index in [1.54, 1.807) is 22.5 Å². The molecule has 1 N–H and O–H groups in total. The monoisotopic (exact) mass is 405 g/mol. The highest BCUT2D eigenvalue weighted by molar-refractivity contribution is 7.89. The first-order chi connectivity index (χ1) is 13.5. The molecular formula is C20H27N3O4S. The number of hydrogen-bond acceptors (Lipinski definition) is 4. The summed E-state index contributed by atoms with van der Waals surface area (Å²) in [6.07, 6.45) is 6.90. The molecule has 0 unspecified atom stereocenters. The zero-order valence-corrected chi connectivity index (χ0v) is 16.8. The summed E-state index contributed by atoms with van der Waals surface area (Å²) in [6, 6.07) is 7.00. The van der Waals surface area contributed by atoms with Crippen LogP contribution in [-0.4, -0.2) is 55.5 Å². The number of nitrogens with one attached hydrogen (secondary N) is 1. The molecule has 1 aromatic carbocycles. The van der Waals surface area contributed by atoms with E-state index in [1.165, 1.54) is 0 Å². The van der Waals surface area contributed by atoms with E-state index in [9.17, 15) is 13.2 Å². The minimum absolute atomic E-state index is 0.0713. The first-order valence-electron chi connectivity index (χ1n) is 10.0. The van der Waals surface area contributed by atoms with E-state index in [0.717, 1.165) is 49.6 Å². The fraction of sp³-hybridized carbons (Fsp3) is 0.550. The molecule has 2 aromatic rings. The van der Waals surface area contributed by atoms with Gasteiger partial charge in [-0.25, -0.2) is 8.42 Å². The van der Waals surface area contributed by atoms with Crippen LogP contribution >= 0.6 is 0 Å². The van der Waals surface area contributed by atoms with Gasteiger partial charge < -0.3 is 14.6 Å². The average Bonchev–Trinajstić information content (AvgIpc) is 3.37. The van der Waals surface area contributed by atoms with Crippen molar-refractivity contribution in [3.8, 4) is 0 Å². The van der Waals surface area contributed by atoms with Gasteiger partial charge in [-0.15, -0.1) is 0 Å². The molecule has 1 aromatic heterocycles. The van der Waals surface area contributed by atoms with E-state index < -0.39 is 10.0 Å². The molecule has 0 saturated carbocycles. The number of piperidine rings is 1. The van der Waals surface area contributed by atoms with Gasteiger partial charge in [-0.3, -0.25) is 4.79 Å². The van der Waals surface area contributed by atoms with Crippen molar-refractivity contribution >= 4 is 26.8 Å². The Morgan fingerprint density at radius 2 is 1.96 bits per heavy atom. The maximum absolute atomic E-state index is 12.9. The lowest BCUT2D eigenvalue weighted by molar-refractivity contribution is -0.122. The Hall–Kier alpha value is -1.90. The Kier molecular flexibility index (Phi) is 5.70. The van der Waals surface area contributed by atoms with Crippen LogP contribution in [-0.2, 0) is 26.1 Å². The molecule has 4 rings (SSSR count). The third-order valence-corrected chi connectivity index (χ3v) is 7.45. The SMILES string of the molecule is O=C(Cn1ccc2cc(S(=O)(=O)N3CCCCC3)ccc21)NC[C@H]1CCCO1. The first-order valence-corrected chi connectivity index (χ1v) is 11.5. The molecule has 0 spiro atoms. The lowest BCUT2D eigenvalue weighted by Gasteiger charge is -2.25. The van der Waals surface area contributed by atoms with Gasteiger partial charge in [-0.1, -0.05) is 6.42 Å². The van der Waals surface area contributed by atoms with E-state index in [1.807, 2.05) is 16.8 Å². The smallest absolute Gasteiger partial charge is 0.243 e. The van der Waals surface area contributed by atoms with Crippen molar-refractivity contribution in [3.63, 3.8) is 0 Å². The second-order valence-corrected chi connectivity index (χ2v) is 9.51. The normalized spacial score (nSPS) is 21.2. The molecule has 3 heterocycles. The van der Waals surface area contributed by atoms with Gasteiger partial charge in [0.25, 0.3) is 0 Å². The zero-order valence-electron chi connectivity index (χ0n) is 16.0. The van der Waals surface area contributed by atoms with Crippen LogP contribution in [0.1, 0.15) is 32.1 Å². The van der Waals surface area contributed by atoms with Gasteiger partial charge in [0.15, 0.2) is 0 Å². The van der Waals surface area contributed by atoms with Crippen molar-refractivity contribution in [3.05, 3.63) is 30.5 Å². The number of amides is 1. The number of benzene rings is 1. The molecule has 2 aliphatic rings. The van der Waals surface area contributed by atoms with Crippen LogP contribution in [0.25, 0.3) is 10.9 Å². The highest BCUT2D eigenvalue weighted by atomic mass is 32.2. The summed E-state index contributed by atoms with van der Waals surface area (Å²) in [5.74, 6) is -0.0713. The van der Waals surface area contributed by atoms with Crippen LogP contribution < -0.4 is 5.32 Å². The summed E-state index contributed by atoms with van der Waals surface area (Å²) in [7, 11) is -3.45. The van der Waals surface area contributed by atoms with Crippen LogP contribution in [0.4, 0.5) is 0 Å². The summed E-state index contributed by atoms with van der Waals surface area (Å²) < 4.78 is 34.7. The van der Waals surface area contributed by atoms with E-state index >= 15 is 0 Å². The van der Waals surface area contributed by atoms with Crippen LogP contribution in [0.15, 0.2) is 35.4 Å². The maximum atomic E-state index is 12.9. The molecular weight excluding hydrogens is 378 g/mol. The third-order valence-electron chi connectivity index (χ3n) is 5.56. The van der Waals surface area contributed by atoms with Crippen molar-refractivity contribution < 1.29 is 17.9 Å². The molecule has 2 saturated heterocycles. The maximum Gasteiger partial charge on any atom is 0.243 e. The van der Waals surface area contributed by atoms with Crippen molar-refractivity contribution in [1.82, 2.24) is 14.2 Å². The predicted molar refractivity (Wildman–Crippen MR) is 107 cm³/mol. The molecule has 2 aliphatic heterocycles. The molecule has 152 valence electrons. The van der Waals surface area contributed by atoms with Gasteiger partial charge in [-0.05, 0) is 49.9 Å². The topological polar surface area (TPSA) is 80.6 Å². The molecule has 7 nitrogen and oxygen atoms in total.